The lowest BCUT2D eigenvalue weighted by Gasteiger charge is -2.60. The van der Waals surface area contributed by atoms with Crippen LogP contribution in [0.3, 0.4) is 0 Å². The molecule has 4 rings (SSSR count). The zero-order chi connectivity index (χ0) is 17.3. The summed E-state index contributed by atoms with van der Waals surface area (Å²) in [7, 11) is 0. The van der Waals surface area contributed by atoms with Gasteiger partial charge in [-0.25, -0.2) is 0 Å². The van der Waals surface area contributed by atoms with Crippen molar-refractivity contribution < 1.29 is 15.0 Å². The lowest BCUT2D eigenvalue weighted by Crippen LogP contribution is -2.59. The number of aliphatic hydroxyl groups is 2. The number of fused-ring (bicyclic) bond motifs is 5. The molecule has 0 heterocycles. The van der Waals surface area contributed by atoms with E-state index in [-0.39, 0.29) is 22.5 Å². The average Bonchev–Trinajstić information content (AvgIpc) is 2.79. The fourth-order valence-corrected chi connectivity index (χ4v) is 7.00. The Morgan fingerprint density at radius 2 is 2.04 bits per heavy atom. The monoisotopic (exact) mass is 330 g/mol. The van der Waals surface area contributed by atoms with Gasteiger partial charge in [-0.15, -0.1) is 0 Å². The van der Waals surface area contributed by atoms with Crippen LogP contribution in [0.4, 0.5) is 0 Å². The van der Waals surface area contributed by atoms with E-state index < -0.39 is 11.7 Å². The van der Waals surface area contributed by atoms with Crippen LogP contribution in [0.5, 0.6) is 0 Å². The molecule has 3 saturated carbocycles. The van der Waals surface area contributed by atoms with Crippen molar-refractivity contribution in [1.29, 1.82) is 0 Å². The number of hydrogen-bond acceptors (Lipinski definition) is 3. The molecule has 0 bridgehead atoms. The Bertz CT molecular complexity index is 635. The number of hydrogen-bond donors (Lipinski definition) is 2. The fraction of sp³-hybridized carbons (Fsp3) is 0.762. The van der Waals surface area contributed by atoms with E-state index in [1.165, 1.54) is 5.57 Å². The third-order valence-electron chi connectivity index (χ3n) is 8.40. The molecular weight excluding hydrogens is 300 g/mol. The average molecular weight is 330 g/mol. The van der Waals surface area contributed by atoms with Gasteiger partial charge in [-0.2, -0.15) is 0 Å². The minimum absolute atomic E-state index is 0.0808. The zero-order valence-electron chi connectivity index (χ0n) is 15.1. The minimum atomic E-state index is -0.640. The zero-order valence-corrected chi connectivity index (χ0v) is 15.1. The first-order valence-electron chi connectivity index (χ1n) is 9.60. The van der Waals surface area contributed by atoms with Crippen molar-refractivity contribution >= 4 is 5.78 Å². The van der Waals surface area contributed by atoms with Gasteiger partial charge in [0.25, 0.3) is 0 Å². The molecule has 7 atom stereocenters. The second-order valence-electron chi connectivity index (χ2n) is 9.14. The summed E-state index contributed by atoms with van der Waals surface area (Å²) in [6.07, 6.45) is 10.4. The molecule has 24 heavy (non-hydrogen) atoms. The van der Waals surface area contributed by atoms with Gasteiger partial charge in [0, 0.05) is 16.7 Å². The molecule has 3 fully saturated rings. The summed E-state index contributed by atoms with van der Waals surface area (Å²) in [6, 6.07) is 0. The first-order chi connectivity index (χ1) is 11.2. The van der Waals surface area contributed by atoms with Gasteiger partial charge >= 0.3 is 0 Å². The van der Waals surface area contributed by atoms with Gasteiger partial charge in [0.2, 0.25) is 0 Å². The van der Waals surface area contributed by atoms with Crippen molar-refractivity contribution in [3.63, 3.8) is 0 Å². The molecule has 0 radical (unpaired) electrons. The Kier molecular flexibility index (Phi) is 3.48. The number of carbonyl (C=O) groups excluding carboxylic acids is 1. The lowest BCUT2D eigenvalue weighted by atomic mass is 9.46. The van der Waals surface area contributed by atoms with E-state index in [4.69, 9.17) is 0 Å². The molecular formula is C21H30O3. The molecule has 132 valence electrons. The van der Waals surface area contributed by atoms with Crippen molar-refractivity contribution in [1.82, 2.24) is 0 Å². The van der Waals surface area contributed by atoms with E-state index in [2.05, 4.69) is 20.8 Å². The third kappa shape index (κ3) is 1.89. The molecule has 0 spiro atoms. The second-order valence-corrected chi connectivity index (χ2v) is 9.14. The van der Waals surface area contributed by atoms with Crippen molar-refractivity contribution in [3.05, 3.63) is 23.8 Å². The van der Waals surface area contributed by atoms with E-state index in [1.54, 1.807) is 12.2 Å². The SMILES string of the molecule is CC[C@@]1(O)CCC2C3CCC4=CC(=O)C=C[C@]4(C)C3[C@@H](O)C[C@@]21C. The quantitative estimate of drug-likeness (QED) is 0.775. The highest BCUT2D eigenvalue weighted by Gasteiger charge is 2.65. The molecule has 0 saturated heterocycles. The lowest BCUT2D eigenvalue weighted by molar-refractivity contribution is -0.164. The fourth-order valence-electron chi connectivity index (χ4n) is 7.00. The molecule has 4 aliphatic rings. The maximum atomic E-state index is 11.8. The second kappa shape index (κ2) is 5.04. The molecule has 2 N–H and O–H groups in total. The van der Waals surface area contributed by atoms with E-state index in [9.17, 15) is 15.0 Å². The van der Waals surface area contributed by atoms with Crippen LogP contribution in [0.1, 0.15) is 59.3 Å². The van der Waals surface area contributed by atoms with Gasteiger partial charge < -0.3 is 10.2 Å². The van der Waals surface area contributed by atoms with Crippen LogP contribution >= 0.6 is 0 Å². The van der Waals surface area contributed by atoms with Crippen molar-refractivity contribution in [2.75, 3.05) is 0 Å². The van der Waals surface area contributed by atoms with E-state index >= 15 is 0 Å². The van der Waals surface area contributed by atoms with Crippen molar-refractivity contribution in [2.45, 2.75) is 71.0 Å². The first-order valence-corrected chi connectivity index (χ1v) is 9.60. The predicted octanol–water partition coefficient (Wildman–Crippen LogP) is 3.41. The predicted molar refractivity (Wildman–Crippen MR) is 93.2 cm³/mol. The van der Waals surface area contributed by atoms with Crippen LogP contribution in [-0.4, -0.2) is 27.7 Å². The highest BCUT2D eigenvalue weighted by Crippen LogP contribution is 2.67. The maximum absolute atomic E-state index is 11.8. The Labute approximate surface area is 144 Å². The third-order valence-corrected chi connectivity index (χ3v) is 8.40. The maximum Gasteiger partial charge on any atom is 0.178 e. The Morgan fingerprint density at radius 1 is 1.29 bits per heavy atom. The normalized spacial score (nSPS) is 53.2. The molecule has 0 aromatic carbocycles. The molecule has 0 aromatic heterocycles. The molecule has 0 aromatic rings. The first kappa shape index (κ1) is 16.5. The van der Waals surface area contributed by atoms with E-state index in [1.807, 2.05) is 6.08 Å². The summed E-state index contributed by atoms with van der Waals surface area (Å²) in [5, 5.41) is 22.4. The van der Waals surface area contributed by atoms with Crippen LogP contribution in [0.2, 0.25) is 0 Å². The van der Waals surface area contributed by atoms with Gasteiger partial charge in [-0.1, -0.05) is 32.4 Å². The number of aliphatic hydroxyl groups excluding tert-OH is 1. The van der Waals surface area contributed by atoms with Gasteiger partial charge in [-0.05, 0) is 62.5 Å². The van der Waals surface area contributed by atoms with E-state index in [0.29, 0.717) is 18.3 Å². The van der Waals surface area contributed by atoms with Gasteiger partial charge in [0.1, 0.15) is 0 Å². The van der Waals surface area contributed by atoms with Gasteiger partial charge in [0.15, 0.2) is 5.78 Å². The summed E-state index contributed by atoms with van der Waals surface area (Å²) < 4.78 is 0. The largest absolute Gasteiger partial charge is 0.393 e. The van der Waals surface area contributed by atoms with Crippen LogP contribution in [-0.2, 0) is 4.79 Å². The van der Waals surface area contributed by atoms with Crippen molar-refractivity contribution in [2.24, 2.45) is 28.6 Å². The molecule has 0 amide bonds. The van der Waals surface area contributed by atoms with Gasteiger partial charge in [-0.3, -0.25) is 4.79 Å². The summed E-state index contributed by atoms with van der Waals surface area (Å²) >= 11 is 0. The number of rotatable bonds is 1. The molecule has 0 aliphatic heterocycles. The summed E-state index contributed by atoms with van der Waals surface area (Å²) in [6.45, 7) is 6.48. The van der Waals surface area contributed by atoms with Crippen molar-refractivity contribution in [3.8, 4) is 0 Å². The molecule has 4 aliphatic carbocycles. The van der Waals surface area contributed by atoms with E-state index in [0.717, 1.165) is 32.1 Å². The standard InChI is InChI=1S/C21H30O3/c1-4-21(24)10-8-16-15-6-5-13-11-14(22)7-9-19(13,2)18(15)17(23)12-20(16,21)3/h7,9,11,15-18,23-24H,4-6,8,10,12H2,1-3H3/t15?,16?,17-,18?,19-,20-,21+/m0/s1. The van der Waals surface area contributed by atoms with Crippen LogP contribution < -0.4 is 0 Å². The summed E-state index contributed by atoms with van der Waals surface area (Å²) in [5.74, 6) is 1.15. The Balaban J connectivity index is 1.75. The molecule has 3 heteroatoms. The van der Waals surface area contributed by atoms with Gasteiger partial charge in [0.05, 0.1) is 11.7 Å². The topological polar surface area (TPSA) is 57.5 Å². The highest BCUT2D eigenvalue weighted by molar-refractivity contribution is 6.01. The molecule has 3 unspecified atom stereocenters. The van der Waals surface area contributed by atoms with Crippen LogP contribution in [0.25, 0.3) is 0 Å². The molecule has 3 nitrogen and oxygen atoms in total. The Morgan fingerprint density at radius 3 is 2.75 bits per heavy atom. The summed E-state index contributed by atoms with van der Waals surface area (Å²) in [5.41, 5.74) is 0.167. The smallest absolute Gasteiger partial charge is 0.178 e. The summed E-state index contributed by atoms with van der Waals surface area (Å²) in [4.78, 5) is 11.8. The number of allylic oxidation sites excluding steroid dienone is 4. The minimum Gasteiger partial charge on any atom is -0.393 e. The Hall–Kier alpha value is -0.930. The van der Waals surface area contributed by atoms with Crippen LogP contribution in [0, 0.1) is 28.6 Å². The number of ketones is 1. The van der Waals surface area contributed by atoms with Crippen LogP contribution in [0.15, 0.2) is 23.8 Å². The number of carbonyl (C=O) groups is 1. The highest BCUT2D eigenvalue weighted by atomic mass is 16.3.